The molecule has 0 amide bonds. The van der Waals surface area contributed by atoms with Gasteiger partial charge in [0, 0.05) is 0 Å². The molecule has 4 rings (SSSR count). The van der Waals surface area contributed by atoms with Gasteiger partial charge >= 0.3 is 683 Å². The Bertz CT molecular complexity index is 3020. The average Bonchev–Trinajstić information content (AvgIpc) is 0.677. The summed E-state index contributed by atoms with van der Waals surface area (Å²) in [5.41, 5.74) is 19.2. The van der Waals surface area contributed by atoms with Crippen LogP contribution in [0.1, 0.15) is 96.6 Å². The van der Waals surface area contributed by atoms with Crippen LogP contribution in [0.15, 0.2) is 36.4 Å². The van der Waals surface area contributed by atoms with Gasteiger partial charge in [-0.25, -0.2) is 0 Å². The molecule has 1 saturated heterocycles. The van der Waals surface area contributed by atoms with E-state index >= 15 is 0 Å². The summed E-state index contributed by atoms with van der Waals surface area (Å²) in [6.07, 6.45) is 0. The van der Waals surface area contributed by atoms with Gasteiger partial charge in [-0.2, -0.15) is 0 Å². The van der Waals surface area contributed by atoms with Gasteiger partial charge in [-0.1, -0.05) is 0 Å². The maximum absolute atomic E-state index is 4.42. The summed E-state index contributed by atoms with van der Waals surface area (Å²) < 4.78 is 4.24. The standard InChI is InChI=1S/C27H59BS2Si6.2C27H59Si6.Sb/c1-31(2,3)25(32(4,5)6)21-19-22(26(33(7,8)9)34(10,11)12)24(28(29)30)23(20-21)27(35(13,14)15)36(16,17)18;2*1-28(2,3)25(29(4,5)6)22-19-23(26(30(7,8)9)31(10,11)12)21-24(20-22)27(32(13,14)15)33(16,17)18;/h19-20,25-27H,1-18H3;2*19-20,25-27H,1-18H3;/q-2;;;+3. The van der Waals surface area contributed by atoms with Gasteiger partial charge in [-0.3, -0.25) is 0 Å². The van der Waals surface area contributed by atoms with Gasteiger partial charge in [0.1, 0.15) is 0 Å². The number of hydrogen-bond donors (Lipinski definition) is 0. The number of rotatable bonds is 30. The Balaban J connectivity index is 3.09. The normalized spacial score (nSPS) is 16.6. The summed E-state index contributed by atoms with van der Waals surface area (Å²) in [5.74, 6) is 0. The van der Waals surface area contributed by atoms with Gasteiger partial charge < -0.3 is 0 Å². The van der Waals surface area contributed by atoms with Crippen LogP contribution in [-0.2, 0) is 0 Å². The number of hydrogen-bond acceptors (Lipinski definition) is 2. The topological polar surface area (TPSA) is 0 Å². The van der Waals surface area contributed by atoms with Gasteiger partial charge in [0.05, 0.1) is 0 Å². The predicted octanol–water partition coefficient (Wildman–Crippen LogP) is 28.7. The summed E-state index contributed by atoms with van der Waals surface area (Å²) in [6.45, 7) is 154. The van der Waals surface area contributed by atoms with Gasteiger partial charge in [0.25, 0.3) is 0 Å². The number of benzene rings is 3. The Hall–Kier alpha value is 3.15. The van der Waals surface area contributed by atoms with Crippen molar-refractivity contribution < 1.29 is 0 Å². The van der Waals surface area contributed by atoms with E-state index in [1.165, 1.54) is 0 Å². The van der Waals surface area contributed by atoms with E-state index < -0.39 is 161 Å². The van der Waals surface area contributed by atoms with Crippen LogP contribution in [0.5, 0.6) is 0 Å². The molecule has 0 aliphatic carbocycles. The predicted molar refractivity (Wildman–Crippen MR) is 550 cm³/mol. The van der Waals surface area contributed by atoms with E-state index in [4.69, 9.17) is 0 Å². The average molecular weight is 1850 g/mol. The Morgan fingerprint density at radius 1 is 0.184 bits per heavy atom. The Kier molecular flexibility index (Phi) is 29.9. The zero-order chi connectivity index (χ0) is 81.9. The molecule has 3 aromatic rings. The first-order valence-electron chi connectivity index (χ1n) is 41.3. The molecule has 0 spiro atoms. The molecular weight excluding hydrogens is 1680 g/mol. The van der Waals surface area contributed by atoms with Crippen LogP contribution < -0.4 is 12.5 Å². The zero-order valence-electron chi connectivity index (χ0n) is 79.5. The molecule has 1 fully saturated rings. The second-order valence-electron chi connectivity index (χ2n) is 53.8. The zero-order valence-corrected chi connectivity index (χ0v) is 102. The molecule has 0 unspecified atom stereocenters. The third-order valence-corrected chi connectivity index (χ3v) is 135. The van der Waals surface area contributed by atoms with Gasteiger partial charge in [0.2, 0.25) is 0 Å². The molecule has 0 saturated carbocycles. The van der Waals surface area contributed by atoms with Crippen molar-refractivity contribution in [1.82, 2.24) is 0 Å². The van der Waals surface area contributed by atoms with Crippen molar-refractivity contribution in [1.29, 1.82) is 0 Å². The summed E-state index contributed by atoms with van der Waals surface area (Å²) in [4.78, 5) is 0. The Morgan fingerprint density at radius 2 is 0.301 bits per heavy atom. The molecule has 103 heavy (non-hydrogen) atoms. The molecule has 3 aromatic carbocycles. The van der Waals surface area contributed by atoms with Crippen LogP contribution >= 0.6 is 17.4 Å². The van der Waals surface area contributed by atoms with Crippen LogP contribution in [0, 0.1) is 0 Å². The van der Waals surface area contributed by atoms with Gasteiger partial charge in [0.15, 0.2) is 0 Å². The minimum absolute atomic E-state index is 0.394. The van der Waals surface area contributed by atoms with E-state index in [0.717, 1.165) is 0 Å². The molecule has 0 radical (unpaired) electrons. The maximum atomic E-state index is 3.22. The molecule has 0 atom stereocenters. The third-order valence-electron chi connectivity index (χ3n) is 23.4. The van der Waals surface area contributed by atoms with Crippen molar-refractivity contribution in [3.05, 3.63) is 86.5 Å². The molecule has 1 heterocycles. The van der Waals surface area contributed by atoms with Crippen molar-refractivity contribution >= 4 is 196 Å². The fourth-order valence-electron chi connectivity index (χ4n) is 25.9. The van der Waals surface area contributed by atoms with E-state index in [1.54, 1.807) is 5.56 Å². The SMILES string of the molecule is C[Si](C)(C)C(c1cc(C([Si](C)(C)C)[Si](C)(C)C)c(B2[S][Sb+]([c]3c(C([Si](C)(C)C)[Si](C)(C)C)cc(C([Si](C)(C)C)[Si](C)(C)C)cc3C([Si](C)(C)C)[Si](C)(C)C)([c]3c(C([Si](C)(C)C)[Si](C)(C)C)cc(C([Si](C)(C)C)[Si](C)(C)C)cc3C([Si](C)(C)C)[Si](C)(C)C)[S]2)c(C([Si](C)(C)C)[Si](C)(C)C)c1)[Si](C)(C)C. The summed E-state index contributed by atoms with van der Waals surface area (Å²) in [6, 6.07) is 19.1. The fourth-order valence-corrected chi connectivity index (χ4v) is 175. The van der Waals surface area contributed by atoms with Crippen molar-refractivity contribution in [2.24, 2.45) is 0 Å². The van der Waals surface area contributed by atoms with Crippen molar-refractivity contribution in [2.45, 2.75) is 400 Å². The molecule has 22 heteroatoms. The van der Waals surface area contributed by atoms with Gasteiger partial charge in [-0.05, 0) is 0 Å². The third kappa shape index (κ3) is 22.9. The van der Waals surface area contributed by atoms with E-state index in [0.29, 0.717) is 51.7 Å². The first-order chi connectivity index (χ1) is 44.5. The Morgan fingerprint density at radius 3 is 0.427 bits per heavy atom. The monoisotopic (exact) mass is 1850 g/mol. The van der Waals surface area contributed by atoms with Crippen LogP contribution in [0.3, 0.4) is 0 Å². The quantitative estimate of drug-likeness (QED) is 0.0610. The molecule has 1 aliphatic heterocycles. The second kappa shape index (κ2) is 31.2. The van der Waals surface area contributed by atoms with Crippen molar-refractivity contribution in [2.75, 3.05) is 0 Å². The van der Waals surface area contributed by atoms with E-state index in [9.17, 15) is 0 Å². The van der Waals surface area contributed by atoms with E-state index in [1.807, 2.05) is 50.0 Å². The minimum atomic E-state index is -4.42. The van der Waals surface area contributed by atoms with Crippen molar-refractivity contribution in [3.63, 3.8) is 0 Å². The van der Waals surface area contributed by atoms with E-state index in [2.05, 4.69) is 414 Å². The van der Waals surface area contributed by atoms with Crippen molar-refractivity contribution in [3.8, 4) is 0 Å². The van der Waals surface area contributed by atoms with Crippen LogP contribution in [-0.4, -0.2) is 167 Å². The molecular formula is C81H177BS2SbSi18+. The summed E-state index contributed by atoms with van der Waals surface area (Å²) in [5, 5.41) is 6.28. The fraction of sp³-hybridized carbons (Fsp3) is 0.778. The van der Waals surface area contributed by atoms with Crippen LogP contribution in [0.25, 0.3) is 0 Å². The van der Waals surface area contributed by atoms with Gasteiger partial charge in [-0.15, -0.1) is 0 Å². The molecule has 0 aromatic heterocycles. The molecule has 0 bridgehead atoms. The molecule has 592 valence electrons. The second-order valence-corrected chi connectivity index (χ2v) is 174. The van der Waals surface area contributed by atoms with Crippen LogP contribution in [0.4, 0.5) is 0 Å². The molecule has 0 N–H and O–H groups in total. The Labute approximate surface area is 675 Å². The van der Waals surface area contributed by atoms with Crippen LogP contribution in [0.2, 0.25) is 354 Å². The summed E-state index contributed by atoms with van der Waals surface area (Å²) in [7, 11) is -28.5. The van der Waals surface area contributed by atoms with E-state index in [-0.39, 0.29) is 0 Å². The molecule has 1 aliphatic rings. The first-order valence-corrected chi connectivity index (χ1v) is 116. The first kappa shape index (κ1) is 98.5. The molecule has 0 nitrogen and oxygen atoms in total. The summed E-state index contributed by atoms with van der Waals surface area (Å²) >= 11 is -4.42.